The Hall–Kier alpha value is -1.70. The Kier molecular flexibility index (Phi) is 8.61. The SMILES string of the molecule is C/C=C/CCc1cc(F)c2c(F)c([C@@H]3CC[C@@H]4CC(CCCCCC)CCC4C3)ccc2c1. The molecule has 0 spiro atoms. The minimum atomic E-state index is -0.403. The van der Waals surface area contributed by atoms with Crippen molar-refractivity contribution in [3.05, 3.63) is 59.2 Å². The van der Waals surface area contributed by atoms with Crippen LogP contribution in [0.2, 0.25) is 0 Å². The van der Waals surface area contributed by atoms with E-state index in [4.69, 9.17) is 0 Å². The second-order valence-electron chi connectivity index (χ2n) is 10.8. The van der Waals surface area contributed by atoms with Crippen molar-refractivity contribution in [1.82, 2.24) is 0 Å². The molecule has 4 atom stereocenters. The molecule has 180 valence electrons. The van der Waals surface area contributed by atoms with Gasteiger partial charge < -0.3 is 0 Å². The molecule has 2 unspecified atom stereocenters. The number of hydrogen-bond donors (Lipinski definition) is 0. The average Bonchev–Trinajstić information content (AvgIpc) is 2.82. The standard InChI is InChI=1S/C31H42F2/c1-3-5-7-9-10-22-12-13-25-21-26(15-14-24(25)18-22)28-17-16-27-19-23(11-8-6-4-2)20-29(32)30(27)31(28)33/h4,6,16-17,19-20,22,24-26H,3,5,7-15,18,21H2,1-2H3/b6-4+/t22?,24-,25?,26-/m1/s1. The topological polar surface area (TPSA) is 0 Å². The highest BCUT2D eigenvalue weighted by Crippen LogP contribution is 2.49. The number of allylic oxidation sites excluding steroid dienone is 2. The summed E-state index contributed by atoms with van der Waals surface area (Å²) in [5, 5.41) is 0.893. The fourth-order valence-corrected chi connectivity index (χ4v) is 6.71. The summed E-state index contributed by atoms with van der Waals surface area (Å²) in [6, 6.07) is 7.41. The molecular weight excluding hydrogens is 410 g/mol. The van der Waals surface area contributed by atoms with Gasteiger partial charge in [0.15, 0.2) is 0 Å². The molecule has 0 heterocycles. The van der Waals surface area contributed by atoms with E-state index in [-0.39, 0.29) is 17.1 Å². The Morgan fingerprint density at radius 3 is 2.58 bits per heavy atom. The van der Waals surface area contributed by atoms with E-state index in [1.165, 1.54) is 63.9 Å². The minimum Gasteiger partial charge on any atom is -0.206 e. The zero-order valence-electron chi connectivity index (χ0n) is 20.7. The zero-order valence-corrected chi connectivity index (χ0v) is 20.7. The fraction of sp³-hybridized carbons (Fsp3) is 0.613. The number of hydrogen-bond acceptors (Lipinski definition) is 0. The molecule has 0 saturated heterocycles. The summed E-state index contributed by atoms with van der Waals surface area (Å²) >= 11 is 0. The van der Waals surface area contributed by atoms with Crippen molar-refractivity contribution >= 4 is 10.8 Å². The van der Waals surface area contributed by atoms with Gasteiger partial charge in [-0.2, -0.15) is 0 Å². The fourth-order valence-electron chi connectivity index (χ4n) is 6.71. The largest absolute Gasteiger partial charge is 0.206 e. The molecule has 0 aromatic heterocycles. The molecular formula is C31H42F2. The molecule has 2 saturated carbocycles. The third kappa shape index (κ3) is 5.87. The number of halogens is 2. The molecule has 2 aliphatic carbocycles. The highest BCUT2D eigenvalue weighted by molar-refractivity contribution is 5.85. The maximum absolute atomic E-state index is 15.6. The van der Waals surface area contributed by atoms with Crippen LogP contribution in [0.4, 0.5) is 8.78 Å². The molecule has 0 radical (unpaired) electrons. The van der Waals surface area contributed by atoms with Gasteiger partial charge in [-0.25, -0.2) is 8.78 Å². The zero-order chi connectivity index (χ0) is 23.2. The van der Waals surface area contributed by atoms with Gasteiger partial charge >= 0.3 is 0 Å². The molecule has 0 bridgehead atoms. The summed E-state index contributed by atoms with van der Waals surface area (Å²) in [5.74, 6) is 1.99. The minimum absolute atomic E-state index is 0.195. The molecule has 0 N–H and O–H groups in total. The summed E-state index contributed by atoms with van der Waals surface area (Å²) in [5.41, 5.74) is 1.69. The van der Waals surface area contributed by atoms with E-state index in [9.17, 15) is 4.39 Å². The second kappa shape index (κ2) is 11.6. The summed E-state index contributed by atoms with van der Waals surface area (Å²) in [6.45, 7) is 4.27. The smallest absolute Gasteiger partial charge is 0.137 e. The molecule has 4 rings (SSSR count). The van der Waals surface area contributed by atoms with Crippen LogP contribution in [-0.4, -0.2) is 0 Å². The quantitative estimate of drug-likeness (QED) is 0.262. The summed E-state index contributed by atoms with van der Waals surface area (Å²) < 4.78 is 30.6. The maximum Gasteiger partial charge on any atom is 0.137 e. The first-order valence-corrected chi connectivity index (χ1v) is 13.6. The van der Waals surface area contributed by atoms with Gasteiger partial charge in [-0.3, -0.25) is 0 Å². The van der Waals surface area contributed by atoms with Crippen LogP contribution in [-0.2, 0) is 6.42 Å². The lowest BCUT2D eigenvalue weighted by atomic mass is 9.63. The van der Waals surface area contributed by atoms with E-state index in [2.05, 4.69) is 13.0 Å². The first-order chi connectivity index (χ1) is 16.1. The highest BCUT2D eigenvalue weighted by Gasteiger charge is 2.36. The molecule has 33 heavy (non-hydrogen) atoms. The van der Waals surface area contributed by atoms with E-state index in [0.29, 0.717) is 5.39 Å². The molecule has 0 amide bonds. The van der Waals surface area contributed by atoms with Crippen LogP contribution in [0, 0.1) is 29.4 Å². The predicted octanol–water partition coefficient (Wildman–Crippen LogP) is 9.90. The van der Waals surface area contributed by atoms with Gasteiger partial charge in [0.2, 0.25) is 0 Å². The molecule has 0 nitrogen and oxygen atoms in total. The first kappa shape index (κ1) is 24.4. The lowest BCUT2D eigenvalue weighted by molar-refractivity contribution is 0.112. The summed E-state index contributed by atoms with van der Waals surface area (Å²) in [6.07, 6.45) is 20.0. The number of aryl methyl sites for hydroxylation is 1. The Morgan fingerprint density at radius 1 is 0.939 bits per heavy atom. The van der Waals surface area contributed by atoms with E-state index in [1.54, 1.807) is 0 Å². The second-order valence-corrected chi connectivity index (χ2v) is 10.8. The van der Waals surface area contributed by atoms with Gasteiger partial charge in [0, 0.05) is 0 Å². The van der Waals surface area contributed by atoms with Crippen molar-refractivity contribution in [3.63, 3.8) is 0 Å². The number of benzene rings is 2. The lowest BCUT2D eigenvalue weighted by Crippen LogP contribution is -2.30. The molecule has 2 fully saturated rings. The van der Waals surface area contributed by atoms with Crippen molar-refractivity contribution in [2.75, 3.05) is 0 Å². The molecule has 2 aromatic carbocycles. The van der Waals surface area contributed by atoms with Crippen LogP contribution < -0.4 is 0 Å². The third-order valence-corrected chi connectivity index (χ3v) is 8.56. The van der Waals surface area contributed by atoms with E-state index in [0.717, 1.165) is 54.6 Å². The van der Waals surface area contributed by atoms with Crippen LogP contribution in [0.5, 0.6) is 0 Å². The van der Waals surface area contributed by atoms with Crippen molar-refractivity contribution < 1.29 is 8.78 Å². The van der Waals surface area contributed by atoms with Crippen LogP contribution >= 0.6 is 0 Å². The molecule has 2 aliphatic rings. The van der Waals surface area contributed by atoms with Crippen LogP contribution in [0.1, 0.15) is 108 Å². The predicted molar refractivity (Wildman–Crippen MR) is 137 cm³/mol. The summed E-state index contributed by atoms with van der Waals surface area (Å²) in [4.78, 5) is 0. The van der Waals surface area contributed by atoms with Gasteiger partial charge in [0.1, 0.15) is 11.6 Å². The Labute approximate surface area is 199 Å². The normalized spacial score (nSPS) is 25.6. The van der Waals surface area contributed by atoms with Crippen molar-refractivity contribution in [3.8, 4) is 0 Å². The Bertz CT molecular complexity index is 944. The lowest BCUT2D eigenvalue weighted by Gasteiger charge is -2.42. The number of rotatable bonds is 9. The van der Waals surface area contributed by atoms with Crippen LogP contribution in [0.25, 0.3) is 10.8 Å². The number of unbranched alkanes of at least 4 members (excludes halogenated alkanes) is 3. The molecule has 2 heteroatoms. The molecule has 2 aromatic rings. The Morgan fingerprint density at radius 2 is 1.76 bits per heavy atom. The number of fused-ring (bicyclic) bond motifs is 2. The van der Waals surface area contributed by atoms with Crippen molar-refractivity contribution in [2.45, 2.75) is 103 Å². The maximum atomic E-state index is 15.6. The van der Waals surface area contributed by atoms with Crippen molar-refractivity contribution in [2.24, 2.45) is 17.8 Å². The van der Waals surface area contributed by atoms with Gasteiger partial charge in [0.05, 0.1) is 5.39 Å². The highest BCUT2D eigenvalue weighted by atomic mass is 19.1. The van der Waals surface area contributed by atoms with E-state index >= 15 is 4.39 Å². The van der Waals surface area contributed by atoms with E-state index < -0.39 is 5.82 Å². The van der Waals surface area contributed by atoms with E-state index in [1.807, 2.05) is 31.2 Å². The van der Waals surface area contributed by atoms with Gasteiger partial charge in [-0.1, -0.05) is 75.8 Å². The first-order valence-electron chi connectivity index (χ1n) is 13.6. The monoisotopic (exact) mass is 452 g/mol. The summed E-state index contributed by atoms with van der Waals surface area (Å²) in [7, 11) is 0. The Balaban J connectivity index is 1.42. The average molecular weight is 453 g/mol. The third-order valence-electron chi connectivity index (χ3n) is 8.56. The van der Waals surface area contributed by atoms with Gasteiger partial charge in [-0.05, 0) is 98.1 Å². The van der Waals surface area contributed by atoms with Gasteiger partial charge in [-0.15, -0.1) is 0 Å². The van der Waals surface area contributed by atoms with Gasteiger partial charge in [0.25, 0.3) is 0 Å². The molecule has 0 aliphatic heterocycles. The van der Waals surface area contributed by atoms with Crippen LogP contribution in [0.3, 0.4) is 0 Å². The van der Waals surface area contributed by atoms with Crippen molar-refractivity contribution in [1.29, 1.82) is 0 Å². The van der Waals surface area contributed by atoms with Crippen LogP contribution in [0.15, 0.2) is 36.4 Å².